The fraction of sp³-hybridized carbons (Fsp3) is 0.235. The minimum absolute atomic E-state index is 0.0653. The highest BCUT2D eigenvalue weighted by molar-refractivity contribution is 5.87. The largest absolute Gasteiger partial charge is 0.494 e. The van der Waals surface area contributed by atoms with E-state index in [0.29, 0.717) is 11.3 Å². The highest BCUT2D eigenvalue weighted by atomic mass is 19.1. The average Bonchev–Trinajstić information content (AvgIpc) is 2.57. The molecule has 0 aliphatic rings. The molecule has 24 heavy (non-hydrogen) atoms. The molecule has 0 aliphatic carbocycles. The van der Waals surface area contributed by atoms with Crippen LogP contribution in [0.3, 0.4) is 0 Å². The summed E-state index contributed by atoms with van der Waals surface area (Å²) < 4.78 is 18.9. The van der Waals surface area contributed by atoms with Gasteiger partial charge in [0.2, 0.25) is 5.88 Å². The van der Waals surface area contributed by atoms with Gasteiger partial charge in [-0.25, -0.2) is 4.39 Å². The maximum atomic E-state index is 12.9. The molecule has 1 aromatic heterocycles. The minimum atomic E-state index is -0.580. The Balaban J connectivity index is 2.54. The van der Waals surface area contributed by atoms with Crippen molar-refractivity contribution in [3.8, 4) is 11.9 Å². The molecule has 0 saturated heterocycles. The number of pyridine rings is 1. The molecule has 0 aliphatic heterocycles. The lowest BCUT2D eigenvalue weighted by molar-refractivity contribution is 0.182. The van der Waals surface area contributed by atoms with Crippen molar-refractivity contribution >= 4 is 11.9 Å². The first-order chi connectivity index (χ1) is 11.5. The molecule has 6 nitrogen and oxygen atoms in total. The van der Waals surface area contributed by atoms with Crippen LogP contribution in [0.1, 0.15) is 16.7 Å². The number of hydrogen-bond donors (Lipinski definition) is 1. The van der Waals surface area contributed by atoms with E-state index in [2.05, 4.69) is 4.99 Å². The summed E-state index contributed by atoms with van der Waals surface area (Å²) >= 11 is 0. The SMILES string of the molecule is COCCn1c(O)c(C=Nc2ccc(F)cc2)c(C)c(C#N)c1=O. The molecule has 0 saturated carbocycles. The highest BCUT2D eigenvalue weighted by Crippen LogP contribution is 2.21. The topological polar surface area (TPSA) is 87.6 Å². The molecule has 0 amide bonds. The fourth-order valence-electron chi connectivity index (χ4n) is 2.18. The van der Waals surface area contributed by atoms with Crippen molar-refractivity contribution in [3.63, 3.8) is 0 Å². The molecule has 0 spiro atoms. The van der Waals surface area contributed by atoms with E-state index in [1.807, 2.05) is 6.07 Å². The highest BCUT2D eigenvalue weighted by Gasteiger charge is 2.17. The Morgan fingerprint density at radius 3 is 2.67 bits per heavy atom. The third kappa shape index (κ3) is 3.50. The molecule has 1 N–H and O–H groups in total. The molecule has 0 unspecified atom stereocenters. The quantitative estimate of drug-likeness (QED) is 0.852. The van der Waals surface area contributed by atoms with Gasteiger partial charge in [0.05, 0.1) is 24.4 Å². The van der Waals surface area contributed by atoms with Crippen LogP contribution in [0.2, 0.25) is 0 Å². The van der Waals surface area contributed by atoms with Gasteiger partial charge in [-0.2, -0.15) is 5.26 Å². The summed E-state index contributed by atoms with van der Waals surface area (Å²) in [6, 6.07) is 7.34. The Morgan fingerprint density at radius 2 is 2.08 bits per heavy atom. The molecule has 124 valence electrons. The lowest BCUT2D eigenvalue weighted by Crippen LogP contribution is -2.26. The number of aliphatic imine (C=N–C) groups is 1. The summed E-state index contributed by atoms with van der Waals surface area (Å²) in [5.41, 5.74) is 0.419. The first kappa shape index (κ1) is 17.4. The molecule has 0 bridgehead atoms. The molecule has 0 atom stereocenters. The number of methoxy groups -OCH3 is 1. The van der Waals surface area contributed by atoms with Gasteiger partial charge in [0.25, 0.3) is 5.56 Å². The van der Waals surface area contributed by atoms with Gasteiger partial charge in [-0.1, -0.05) is 0 Å². The van der Waals surface area contributed by atoms with Crippen LogP contribution in [0.25, 0.3) is 0 Å². The Hall–Kier alpha value is -2.98. The number of nitriles is 1. The Bertz CT molecular complexity index is 865. The molecular formula is C17H16FN3O3. The van der Waals surface area contributed by atoms with Crippen LogP contribution < -0.4 is 5.56 Å². The van der Waals surface area contributed by atoms with Gasteiger partial charge in [-0.3, -0.25) is 14.4 Å². The maximum absolute atomic E-state index is 12.9. The van der Waals surface area contributed by atoms with Gasteiger partial charge in [0.15, 0.2) is 0 Å². The fourth-order valence-corrected chi connectivity index (χ4v) is 2.18. The number of nitrogens with zero attached hydrogens (tertiary/aromatic N) is 3. The van der Waals surface area contributed by atoms with Gasteiger partial charge in [-0.15, -0.1) is 0 Å². The molecule has 2 rings (SSSR count). The van der Waals surface area contributed by atoms with E-state index in [4.69, 9.17) is 4.74 Å². The van der Waals surface area contributed by atoms with Crippen LogP contribution in [-0.4, -0.2) is 29.6 Å². The summed E-state index contributed by atoms with van der Waals surface area (Å²) in [5, 5.41) is 19.6. The van der Waals surface area contributed by atoms with E-state index in [-0.39, 0.29) is 36.0 Å². The second-order valence-corrected chi connectivity index (χ2v) is 5.03. The molecule has 0 fully saturated rings. The molecule has 2 aromatic rings. The molecule has 1 heterocycles. The lowest BCUT2D eigenvalue weighted by Gasteiger charge is -2.13. The number of rotatable bonds is 5. The average molecular weight is 329 g/mol. The van der Waals surface area contributed by atoms with Crippen LogP contribution in [0, 0.1) is 24.1 Å². The van der Waals surface area contributed by atoms with E-state index in [1.54, 1.807) is 6.92 Å². The van der Waals surface area contributed by atoms with Gasteiger partial charge in [0.1, 0.15) is 17.4 Å². The Kier molecular flexibility index (Phi) is 5.45. The van der Waals surface area contributed by atoms with Crippen molar-refractivity contribution < 1.29 is 14.2 Å². The summed E-state index contributed by atoms with van der Waals surface area (Å²) in [5.74, 6) is -0.674. The summed E-state index contributed by atoms with van der Waals surface area (Å²) in [6.45, 7) is 1.87. The first-order valence-electron chi connectivity index (χ1n) is 7.14. The molecular weight excluding hydrogens is 313 g/mol. The lowest BCUT2D eigenvalue weighted by atomic mass is 10.1. The van der Waals surface area contributed by atoms with Gasteiger partial charge >= 0.3 is 0 Å². The zero-order valence-electron chi connectivity index (χ0n) is 13.3. The second-order valence-electron chi connectivity index (χ2n) is 5.03. The third-order valence-corrected chi connectivity index (χ3v) is 3.53. The monoisotopic (exact) mass is 329 g/mol. The summed E-state index contributed by atoms with van der Waals surface area (Å²) in [7, 11) is 1.47. The van der Waals surface area contributed by atoms with Crippen LogP contribution >= 0.6 is 0 Å². The van der Waals surface area contributed by atoms with Crippen LogP contribution in [0.4, 0.5) is 10.1 Å². The number of hydrogen-bond acceptors (Lipinski definition) is 5. The zero-order chi connectivity index (χ0) is 17.7. The van der Waals surface area contributed by atoms with E-state index >= 15 is 0 Å². The third-order valence-electron chi connectivity index (χ3n) is 3.53. The van der Waals surface area contributed by atoms with Crippen LogP contribution in [0.5, 0.6) is 5.88 Å². The number of aromatic nitrogens is 1. The smallest absolute Gasteiger partial charge is 0.271 e. The number of ether oxygens (including phenoxy) is 1. The predicted octanol–water partition coefficient (Wildman–Crippen LogP) is 2.27. The second kappa shape index (κ2) is 7.53. The normalized spacial score (nSPS) is 10.9. The standard InChI is InChI=1S/C17H16FN3O3/c1-11-14(9-19)16(22)21(7-8-24-2)17(23)15(11)10-20-13-5-3-12(18)4-6-13/h3-6,10,23H,7-8H2,1-2H3. The predicted molar refractivity (Wildman–Crippen MR) is 87.3 cm³/mol. The van der Waals surface area contributed by atoms with Gasteiger partial charge in [0, 0.05) is 13.3 Å². The van der Waals surface area contributed by atoms with Crippen molar-refractivity contribution in [1.82, 2.24) is 4.57 Å². The molecule has 1 aromatic carbocycles. The first-order valence-corrected chi connectivity index (χ1v) is 7.14. The molecule has 7 heteroatoms. The van der Waals surface area contributed by atoms with Crippen LogP contribution in [0.15, 0.2) is 34.1 Å². The zero-order valence-corrected chi connectivity index (χ0v) is 13.3. The van der Waals surface area contributed by atoms with Crippen LogP contribution in [-0.2, 0) is 11.3 Å². The van der Waals surface area contributed by atoms with E-state index in [9.17, 15) is 19.6 Å². The number of halogens is 1. The Morgan fingerprint density at radius 1 is 1.42 bits per heavy atom. The number of aromatic hydroxyl groups is 1. The Labute approximate surface area is 138 Å². The van der Waals surface area contributed by atoms with Gasteiger partial charge < -0.3 is 9.84 Å². The van der Waals surface area contributed by atoms with Crippen molar-refractivity contribution in [2.24, 2.45) is 4.99 Å². The van der Waals surface area contributed by atoms with Crippen molar-refractivity contribution in [3.05, 3.63) is 57.1 Å². The minimum Gasteiger partial charge on any atom is -0.494 e. The maximum Gasteiger partial charge on any atom is 0.271 e. The van der Waals surface area contributed by atoms with Crippen molar-refractivity contribution in [2.45, 2.75) is 13.5 Å². The van der Waals surface area contributed by atoms with Gasteiger partial charge in [-0.05, 0) is 36.8 Å². The van der Waals surface area contributed by atoms with E-state index < -0.39 is 5.56 Å². The van der Waals surface area contributed by atoms with E-state index in [0.717, 1.165) is 4.57 Å². The van der Waals surface area contributed by atoms with Crippen molar-refractivity contribution in [1.29, 1.82) is 5.26 Å². The van der Waals surface area contributed by atoms with Crippen molar-refractivity contribution in [2.75, 3.05) is 13.7 Å². The summed E-state index contributed by atoms with van der Waals surface area (Å²) in [6.07, 6.45) is 1.35. The molecule has 0 radical (unpaired) electrons. The van der Waals surface area contributed by atoms with E-state index in [1.165, 1.54) is 37.6 Å². The number of benzene rings is 1. The summed E-state index contributed by atoms with van der Waals surface area (Å²) in [4.78, 5) is 16.4.